The zero-order chi connectivity index (χ0) is 17.8. The highest BCUT2D eigenvalue weighted by Gasteiger charge is 2.20. The Balaban J connectivity index is 1.39. The van der Waals surface area contributed by atoms with Gasteiger partial charge in [-0.3, -0.25) is 9.99 Å². The van der Waals surface area contributed by atoms with Gasteiger partial charge in [0.25, 0.3) is 0 Å². The van der Waals surface area contributed by atoms with Crippen molar-refractivity contribution >= 4 is 16.5 Å². The molecule has 0 atom stereocenters. The number of fused-ring (bicyclic) bond motifs is 1. The monoisotopic (exact) mass is 345 g/mol. The van der Waals surface area contributed by atoms with Crippen molar-refractivity contribution in [3.05, 3.63) is 78.1 Å². The molecule has 0 unspecified atom stereocenters. The number of quaternary nitrogens is 1. The number of hydrogen-bond donors (Lipinski definition) is 1. The molecule has 0 amide bonds. The minimum Gasteiger partial charge on any atom is -0.328 e. The molecule has 1 aliphatic heterocycles. The van der Waals surface area contributed by atoms with E-state index >= 15 is 0 Å². The zero-order valence-electron chi connectivity index (χ0n) is 15.2. The molecule has 0 bridgehead atoms. The van der Waals surface area contributed by atoms with Gasteiger partial charge in [0.05, 0.1) is 31.9 Å². The zero-order valence-corrected chi connectivity index (χ0v) is 15.2. The maximum absolute atomic E-state index is 4.79. The molecule has 2 aromatic carbocycles. The van der Waals surface area contributed by atoms with Crippen LogP contribution in [0.1, 0.15) is 18.1 Å². The van der Waals surface area contributed by atoms with Crippen LogP contribution in [0.15, 0.2) is 72.1 Å². The van der Waals surface area contributed by atoms with Crippen LogP contribution < -0.4 is 4.90 Å². The third kappa shape index (κ3) is 3.75. The Labute approximate surface area is 154 Å². The van der Waals surface area contributed by atoms with Crippen molar-refractivity contribution in [3.63, 3.8) is 0 Å². The molecular weight excluding hydrogens is 320 g/mol. The summed E-state index contributed by atoms with van der Waals surface area (Å²) in [6.07, 6.45) is 3.67. The first-order valence-electron chi connectivity index (χ1n) is 9.30. The Hall–Kier alpha value is -2.72. The summed E-state index contributed by atoms with van der Waals surface area (Å²) in [5, 5.41) is 9.72. The van der Waals surface area contributed by atoms with Gasteiger partial charge in [-0.15, -0.1) is 0 Å². The second-order valence-electron chi connectivity index (χ2n) is 6.95. The molecule has 0 aliphatic carbocycles. The van der Waals surface area contributed by atoms with Gasteiger partial charge in [-0.2, -0.15) is 5.10 Å². The van der Waals surface area contributed by atoms with Crippen molar-refractivity contribution in [2.45, 2.75) is 13.5 Å². The molecule has 1 fully saturated rings. The van der Waals surface area contributed by atoms with Crippen LogP contribution in [-0.4, -0.2) is 41.9 Å². The standard InChI is InChI=1S/C22H24N4/c1-18(20-9-5-11-23-16-20)24-26-14-12-25(13-15-26)17-21-8-4-7-19-6-2-3-10-22(19)21/h2-11,16H,12-15,17H2,1H3/p+1/b24-18-. The van der Waals surface area contributed by atoms with Crippen molar-refractivity contribution < 1.29 is 4.90 Å². The van der Waals surface area contributed by atoms with Gasteiger partial charge in [0, 0.05) is 23.5 Å². The first-order valence-corrected chi connectivity index (χ1v) is 9.30. The average Bonchev–Trinajstić information content (AvgIpc) is 2.70. The van der Waals surface area contributed by atoms with Crippen LogP contribution in [0.2, 0.25) is 0 Å². The summed E-state index contributed by atoms with van der Waals surface area (Å²) in [5.41, 5.74) is 3.58. The number of hydrazone groups is 1. The molecule has 0 radical (unpaired) electrons. The number of benzene rings is 2. The highest BCUT2D eigenvalue weighted by atomic mass is 15.5. The van der Waals surface area contributed by atoms with Crippen molar-refractivity contribution in [3.8, 4) is 0 Å². The molecule has 0 saturated carbocycles. The summed E-state index contributed by atoms with van der Waals surface area (Å²) in [7, 11) is 0. The lowest BCUT2D eigenvalue weighted by Crippen LogP contribution is -3.13. The lowest BCUT2D eigenvalue weighted by molar-refractivity contribution is -0.918. The maximum atomic E-state index is 4.79. The predicted molar refractivity (Wildman–Crippen MR) is 106 cm³/mol. The normalized spacial score (nSPS) is 16.2. The van der Waals surface area contributed by atoms with E-state index in [1.807, 2.05) is 12.3 Å². The largest absolute Gasteiger partial charge is 0.328 e. The topological polar surface area (TPSA) is 32.9 Å². The lowest BCUT2D eigenvalue weighted by atomic mass is 10.0. The molecule has 1 saturated heterocycles. The highest BCUT2D eigenvalue weighted by Crippen LogP contribution is 2.17. The maximum Gasteiger partial charge on any atom is 0.104 e. The fraction of sp³-hybridized carbons (Fsp3) is 0.273. The molecule has 4 heteroatoms. The van der Waals surface area contributed by atoms with Crippen LogP contribution in [-0.2, 0) is 6.54 Å². The molecule has 4 nitrogen and oxygen atoms in total. The van der Waals surface area contributed by atoms with Crippen LogP contribution >= 0.6 is 0 Å². The molecular formula is C22H25N4+. The number of pyridine rings is 1. The molecule has 1 aliphatic rings. The smallest absolute Gasteiger partial charge is 0.104 e. The first kappa shape index (κ1) is 16.7. The van der Waals surface area contributed by atoms with Gasteiger partial charge in [-0.25, -0.2) is 0 Å². The second-order valence-corrected chi connectivity index (χ2v) is 6.95. The average molecular weight is 345 g/mol. The molecule has 4 rings (SSSR count). The molecule has 1 aromatic heterocycles. The summed E-state index contributed by atoms with van der Waals surface area (Å²) < 4.78 is 0. The Kier molecular flexibility index (Phi) is 4.93. The van der Waals surface area contributed by atoms with E-state index in [2.05, 4.69) is 65.4 Å². The van der Waals surface area contributed by atoms with Crippen molar-refractivity contribution in [2.75, 3.05) is 26.2 Å². The first-order chi connectivity index (χ1) is 12.8. The Morgan fingerprint density at radius 1 is 1.04 bits per heavy atom. The molecule has 1 N–H and O–H groups in total. The quantitative estimate of drug-likeness (QED) is 0.737. The van der Waals surface area contributed by atoms with E-state index in [0.717, 1.165) is 44.0 Å². The Morgan fingerprint density at radius 3 is 2.65 bits per heavy atom. The third-order valence-electron chi connectivity index (χ3n) is 5.14. The van der Waals surface area contributed by atoms with Crippen molar-refractivity contribution in [2.24, 2.45) is 5.10 Å². The summed E-state index contributed by atoms with van der Waals surface area (Å²) >= 11 is 0. The van der Waals surface area contributed by atoms with E-state index in [4.69, 9.17) is 5.10 Å². The summed E-state index contributed by atoms with van der Waals surface area (Å²) in [6, 6.07) is 19.3. The van der Waals surface area contributed by atoms with Gasteiger partial charge in [0.1, 0.15) is 6.54 Å². The Morgan fingerprint density at radius 2 is 1.85 bits per heavy atom. The number of hydrogen-bond acceptors (Lipinski definition) is 3. The SMILES string of the molecule is C/C(=N/N1CC[NH+](Cc2cccc3ccccc23)CC1)c1cccnc1. The van der Waals surface area contributed by atoms with Crippen molar-refractivity contribution in [1.82, 2.24) is 9.99 Å². The fourth-order valence-corrected chi connectivity index (χ4v) is 3.65. The number of rotatable bonds is 4. The molecule has 3 aromatic rings. The Bertz CT molecular complexity index is 891. The highest BCUT2D eigenvalue weighted by molar-refractivity contribution is 5.98. The third-order valence-corrected chi connectivity index (χ3v) is 5.14. The van der Waals surface area contributed by atoms with E-state index < -0.39 is 0 Å². The van der Waals surface area contributed by atoms with Gasteiger partial charge in [-0.05, 0) is 23.8 Å². The van der Waals surface area contributed by atoms with Crippen molar-refractivity contribution in [1.29, 1.82) is 0 Å². The fourth-order valence-electron chi connectivity index (χ4n) is 3.65. The van der Waals surface area contributed by atoms with E-state index in [-0.39, 0.29) is 0 Å². The van der Waals surface area contributed by atoms with E-state index in [9.17, 15) is 0 Å². The van der Waals surface area contributed by atoms with Crippen LogP contribution in [0.4, 0.5) is 0 Å². The summed E-state index contributed by atoms with van der Waals surface area (Å²) in [5.74, 6) is 0. The van der Waals surface area contributed by atoms with Gasteiger partial charge < -0.3 is 4.90 Å². The minimum absolute atomic E-state index is 0.998. The van der Waals surface area contributed by atoms with E-state index in [1.54, 1.807) is 11.1 Å². The van der Waals surface area contributed by atoms with Gasteiger partial charge in [0.2, 0.25) is 0 Å². The van der Waals surface area contributed by atoms with Crippen LogP contribution in [0.3, 0.4) is 0 Å². The van der Waals surface area contributed by atoms with Crippen LogP contribution in [0, 0.1) is 0 Å². The lowest BCUT2D eigenvalue weighted by Gasteiger charge is -2.31. The summed E-state index contributed by atoms with van der Waals surface area (Å²) in [6.45, 7) is 7.38. The molecule has 2 heterocycles. The number of nitrogens with one attached hydrogen (secondary N) is 1. The summed E-state index contributed by atoms with van der Waals surface area (Å²) in [4.78, 5) is 5.81. The number of piperazine rings is 1. The molecule has 26 heavy (non-hydrogen) atoms. The second kappa shape index (κ2) is 7.67. The van der Waals surface area contributed by atoms with Crippen LogP contribution in [0.5, 0.6) is 0 Å². The predicted octanol–water partition coefficient (Wildman–Crippen LogP) is 2.36. The van der Waals surface area contributed by atoms with E-state index in [0.29, 0.717) is 0 Å². The van der Waals surface area contributed by atoms with Gasteiger partial charge >= 0.3 is 0 Å². The van der Waals surface area contributed by atoms with Crippen LogP contribution in [0.25, 0.3) is 10.8 Å². The minimum atomic E-state index is 0.998. The molecule has 0 spiro atoms. The molecule has 132 valence electrons. The van der Waals surface area contributed by atoms with E-state index in [1.165, 1.54) is 16.3 Å². The number of aromatic nitrogens is 1. The van der Waals surface area contributed by atoms with Gasteiger partial charge in [-0.1, -0.05) is 48.5 Å². The number of nitrogens with zero attached hydrogens (tertiary/aromatic N) is 3. The van der Waals surface area contributed by atoms with Gasteiger partial charge in [0.15, 0.2) is 0 Å².